The van der Waals surface area contributed by atoms with E-state index in [2.05, 4.69) is 27.6 Å². The zero-order valence-electron chi connectivity index (χ0n) is 18.3. The molecule has 164 valence electrons. The minimum Gasteiger partial charge on any atom is -0.357 e. The van der Waals surface area contributed by atoms with Gasteiger partial charge in [0.2, 0.25) is 10.0 Å². The number of rotatable bonds is 7. The maximum atomic E-state index is 12.6. The van der Waals surface area contributed by atoms with Crippen molar-refractivity contribution in [3.05, 3.63) is 46.8 Å². The molecule has 0 unspecified atom stereocenters. The maximum absolute atomic E-state index is 12.6. The lowest BCUT2D eigenvalue weighted by atomic mass is 10.2. The first-order chi connectivity index (χ1) is 14.3. The van der Waals surface area contributed by atoms with Crippen molar-refractivity contribution in [1.29, 1.82) is 0 Å². The second-order valence-electron chi connectivity index (χ2n) is 7.58. The lowest BCUT2D eigenvalue weighted by molar-refractivity contribution is 0.477. The summed E-state index contributed by atoms with van der Waals surface area (Å²) in [5, 5.41) is 11.1. The standard InChI is InChI=1S/C21H32N6O2S/c1-5-22-21(24-15-20-16(2)25-26(4)17(20)3)23-14-18-8-10-19(11-9-18)30(28,29)27-12-6-7-13-27/h8-11H,5-7,12-15H2,1-4H3,(H2,22,23,24). The molecule has 1 fully saturated rings. The van der Waals surface area contributed by atoms with Crippen molar-refractivity contribution in [2.45, 2.75) is 51.6 Å². The number of hydrogen-bond acceptors (Lipinski definition) is 4. The van der Waals surface area contributed by atoms with Gasteiger partial charge in [0.15, 0.2) is 5.96 Å². The summed E-state index contributed by atoms with van der Waals surface area (Å²) in [5.41, 5.74) is 4.26. The molecule has 2 heterocycles. The van der Waals surface area contributed by atoms with Gasteiger partial charge in [-0.15, -0.1) is 0 Å². The molecule has 2 aromatic rings. The van der Waals surface area contributed by atoms with Gasteiger partial charge >= 0.3 is 0 Å². The number of nitrogens with one attached hydrogen (secondary N) is 2. The molecular formula is C21H32N6O2S. The van der Waals surface area contributed by atoms with Gasteiger partial charge < -0.3 is 10.6 Å². The van der Waals surface area contributed by atoms with E-state index in [9.17, 15) is 8.42 Å². The number of aromatic nitrogens is 2. The Morgan fingerprint density at radius 1 is 1.13 bits per heavy atom. The largest absolute Gasteiger partial charge is 0.357 e. The summed E-state index contributed by atoms with van der Waals surface area (Å²) in [5.74, 6) is 0.717. The van der Waals surface area contributed by atoms with Crippen LogP contribution in [0.15, 0.2) is 34.2 Å². The molecule has 0 amide bonds. The van der Waals surface area contributed by atoms with Gasteiger partial charge in [0, 0.05) is 44.5 Å². The fourth-order valence-electron chi connectivity index (χ4n) is 3.60. The molecule has 1 aliphatic heterocycles. The van der Waals surface area contributed by atoms with Crippen molar-refractivity contribution in [3.8, 4) is 0 Å². The Kier molecular flexibility index (Phi) is 7.14. The summed E-state index contributed by atoms with van der Waals surface area (Å²) in [6, 6.07) is 7.04. The minimum atomic E-state index is -3.38. The third-order valence-corrected chi connectivity index (χ3v) is 7.39. The number of guanidine groups is 1. The Hall–Kier alpha value is -2.39. The molecule has 2 N–H and O–H groups in total. The summed E-state index contributed by atoms with van der Waals surface area (Å²) in [6.45, 7) is 9.17. The monoisotopic (exact) mass is 432 g/mol. The molecule has 1 aromatic carbocycles. The van der Waals surface area contributed by atoms with E-state index in [0.717, 1.165) is 36.3 Å². The van der Waals surface area contributed by atoms with E-state index in [-0.39, 0.29) is 0 Å². The topological polar surface area (TPSA) is 91.6 Å². The fraction of sp³-hybridized carbons (Fsp3) is 0.524. The normalized spacial score (nSPS) is 15.5. The van der Waals surface area contributed by atoms with Crippen LogP contribution in [0.4, 0.5) is 0 Å². The summed E-state index contributed by atoms with van der Waals surface area (Å²) < 4.78 is 28.7. The smallest absolute Gasteiger partial charge is 0.243 e. The molecule has 1 aliphatic rings. The lowest BCUT2D eigenvalue weighted by Crippen LogP contribution is -2.37. The van der Waals surface area contributed by atoms with Gasteiger partial charge in [-0.25, -0.2) is 13.4 Å². The number of aryl methyl sites for hydroxylation is 2. The number of nitrogens with zero attached hydrogens (tertiary/aromatic N) is 4. The maximum Gasteiger partial charge on any atom is 0.243 e. The summed E-state index contributed by atoms with van der Waals surface area (Å²) in [7, 11) is -1.43. The molecule has 30 heavy (non-hydrogen) atoms. The SMILES string of the molecule is CCNC(=NCc1ccc(S(=O)(=O)N2CCCC2)cc1)NCc1c(C)nn(C)c1C. The van der Waals surface area contributed by atoms with Crippen LogP contribution in [0.25, 0.3) is 0 Å². The Labute approximate surface area is 179 Å². The molecule has 0 atom stereocenters. The number of aliphatic imine (C=N–C) groups is 1. The third-order valence-electron chi connectivity index (χ3n) is 5.48. The highest BCUT2D eigenvalue weighted by Crippen LogP contribution is 2.21. The zero-order valence-corrected chi connectivity index (χ0v) is 19.1. The number of benzene rings is 1. The highest BCUT2D eigenvalue weighted by Gasteiger charge is 2.26. The van der Waals surface area contributed by atoms with E-state index in [0.29, 0.717) is 37.0 Å². The van der Waals surface area contributed by atoms with Crippen molar-refractivity contribution in [1.82, 2.24) is 24.7 Å². The van der Waals surface area contributed by atoms with E-state index < -0.39 is 10.0 Å². The Bertz CT molecular complexity index is 989. The van der Waals surface area contributed by atoms with Crippen LogP contribution in [0.2, 0.25) is 0 Å². The predicted molar refractivity (Wildman–Crippen MR) is 119 cm³/mol. The van der Waals surface area contributed by atoms with Crippen LogP contribution in [0.5, 0.6) is 0 Å². The Morgan fingerprint density at radius 3 is 2.37 bits per heavy atom. The van der Waals surface area contributed by atoms with Crippen molar-refractivity contribution in [3.63, 3.8) is 0 Å². The van der Waals surface area contributed by atoms with Crippen molar-refractivity contribution >= 4 is 16.0 Å². The van der Waals surface area contributed by atoms with Crippen LogP contribution in [0.3, 0.4) is 0 Å². The van der Waals surface area contributed by atoms with Crippen LogP contribution in [-0.2, 0) is 30.2 Å². The third kappa shape index (κ3) is 5.02. The van der Waals surface area contributed by atoms with Crippen LogP contribution >= 0.6 is 0 Å². The van der Waals surface area contributed by atoms with Gasteiger partial charge in [0.25, 0.3) is 0 Å². The van der Waals surface area contributed by atoms with Crippen LogP contribution in [0.1, 0.15) is 42.3 Å². The van der Waals surface area contributed by atoms with Crippen LogP contribution in [-0.4, -0.2) is 48.1 Å². The van der Waals surface area contributed by atoms with Gasteiger partial charge in [-0.1, -0.05) is 12.1 Å². The molecule has 0 aliphatic carbocycles. The molecule has 0 bridgehead atoms. The highest BCUT2D eigenvalue weighted by molar-refractivity contribution is 7.89. The second-order valence-corrected chi connectivity index (χ2v) is 9.51. The van der Waals surface area contributed by atoms with Gasteiger partial charge in [-0.3, -0.25) is 4.68 Å². The second kappa shape index (κ2) is 9.61. The molecule has 8 nitrogen and oxygen atoms in total. The van der Waals surface area contributed by atoms with E-state index in [1.807, 2.05) is 37.7 Å². The zero-order chi connectivity index (χ0) is 21.7. The van der Waals surface area contributed by atoms with E-state index in [1.165, 1.54) is 5.56 Å². The van der Waals surface area contributed by atoms with Gasteiger partial charge in [0.05, 0.1) is 17.1 Å². The molecule has 0 saturated carbocycles. The first kappa shape index (κ1) is 22.3. The van der Waals surface area contributed by atoms with E-state index >= 15 is 0 Å². The predicted octanol–water partition coefficient (Wildman–Crippen LogP) is 2.08. The average molecular weight is 433 g/mol. The van der Waals surface area contributed by atoms with Gasteiger partial charge in [-0.05, 0) is 51.3 Å². The van der Waals surface area contributed by atoms with Crippen molar-refractivity contribution in [2.24, 2.45) is 12.0 Å². The Morgan fingerprint density at radius 2 is 1.80 bits per heavy atom. The summed E-state index contributed by atoms with van der Waals surface area (Å²) in [4.78, 5) is 4.99. The number of sulfonamides is 1. The summed E-state index contributed by atoms with van der Waals surface area (Å²) in [6.07, 6.45) is 1.87. The molecule has 1 saturated heterocycles. The van der Waals surface area contributed by atoms with E-state index in [4.69, 9.17) is 0 Å². The first-order valence-electron chi connectivity index (χ1n) is 10.4. The Balaban J connectivity index is 1.65. The van der Waals surface area contributed by atoms with Crippen LogP contribution < -0.4 is 10.6 Å². The average Bonchev–Trinajstić information content (AvgIpc) is 3.35. The lowest BCUT2D eigenvalue weighted by Gasteiger charge is -2.15. The first-order valence-corrected chi connectivity index (χ1v) is 11.9. The molecular weight excluding hydrogens is 400 g/mol. The summed E-state index contributed by atoms with van der Waals surface area (Å²) >= 11 is 0. The van der Waals surface area contributed by atoms with Crippen molar-refractivity contribution in [2.75, 3.05) is 19.6 Å². The molecule has 3 rings (SSSR count). The van der Waals surface area contributed by atoms with Crippen molar-refractivity contribution < 1.29 is 8.42 Å². The van der Waals surface area contributed by atoms with Gasteiger partial charge in [0.1, 0.15) is 0 Å². The van der Waals surface area contributed by atoms with E-state index in [1.54, 1.807) is 16.4 Å². The highest BCUT2D eigenvalue weighted by atomic mass is 32.2. The fourth-order valence-corrected chi connectivity index (χ4v) is 5.12. The molecule has 1 aromatic heterocycles. The van der Waals surface area contributed by atoms with Crippen LogP contribution in [0, 0.1) is 13.8 Å². The van der Waals surface area contributed by atoms with Gasteiger partial charge in [-0.2, -0.15) is 9.40 Å². The minimum absolute atomic E-state index is 0.352. The quantitative estimate of drug-likeness (QED) is 0.516. The molecule has 9 heteroatoms. The number of hydrogen-bond donors (Lipinski definition) is 2. The molecule has 0 radical (unpaired) electrons. The molecule has 0 spiro atoms.